The smallest absolute Gasteiger partial charge is 0.310 e. The van der Waals surface area contributed by atoms with Gasteiger partial charge in [-0.15, -0.1) is 11.3 Å². The van der Waals surface area contributed by atoms with Crippen LogP contribution in [-0.4, -0.2) is 91.8 Å². The number of phenols is 1. The predicted molar refractivity (Wildman–Crippen MR) is 160 cm³/mol. The van der Waals surface area contributed by atoms with Crippen LogP contribution >= 0.6 is 11.3 Å². The zero-order valence-corrected chi connectivity index (χ0v) is 26.1. The number of rotatable bonds is 6. The summed E-state index contributed by atoms with van der Waals surface area (Å²) in [5.74, 6) is -2.27. The fraction of sp³-hybridized carbons (Fsp3) is 0.455. The molecule has 3 N–H and O–H groups in total. The summed E-state index contributed by atoms with van der Waals surface area (Å²) in [7, 11) is 2.82. The van der Waals surface area contributed by atoms with Crippen LogP contribution in [0.25, 0.3) is 0 Å². The molecule has 0 saturated carbocycles. The number of phenolic OH excluding ortho intramolecular Hbond substituents is 1. The Kier molecular flexibility index (Phi) is 7.63. The van der Waals surface area contributed by atoms with E-state index in [0.29, 0.717) is 28.0 Å². The Morgan fingerprint density at radius 3 is 2.45 bits per heavy atom. The Morgan fingerprint density at radius 1 is 0.936 bits per heavy atom. The van der Waals surface area contributed by atoms with E-state index < -0.39 is 66.8 Å². The van der Waals surface area contributed by atoms with Gasteiger partial charge in [-0.05, 0) is 52.4 Å². The molecule has 1 aliphatic carbocycles. The highest BCUT2D eigenvalue weighted by Crippen LogP contribution is 2.56. The number of aromatic hydroxyl groups is 1. The first kappa shape index (κ1) is 30.6. The number of aliphatic hydroxyl groups excluding tert-OH is 2. The third-order valence-electron chi connectivity index (χ3n) is 9.64. The summed E-state index contributed by atoms with van der Waals surface area (Å²) in [5, 5.41) is 35.0. The Hall–Kier alpha value is -3.76. The van der Waals surface area contributed by atoms with Crippen LogP contribution in [0, 0.1) is 11.8 Å². The minimum absolute atomic E-state index is 0.000525. The number of benzene rings is 2. The largest absolute Gasteiger partial charge is 0.502 e. The zero-order chi connectivity index (χ0) is 32.6. The van der Waals surface area contributed by atoms with Gasteiger partial charge >= 0.3 is 5.97 Å². The molecule has 248 valence electrons. The molecule has 0 radical (unpaired) electrons. The van der Waals surface area contributed by atoms with Gasteiger partial charge in [-0.25, -0.2) is 0 Å². The fourth-order valence-corrected chi connectivity index (χ4v) is 8.09. The van der Waals surface area contributed by atoms with Crippen molar-refractivity contribution >= 4 is 23.1 Å². The molecule has 47 heavy (non-hydrogen) atoms. The van der Waals surface area contributed by atoms with Crippen molar-refractivity contribution in [1.29, 1.82) is 0 Å². The first-order valence-electron chi connectivity index (χ1n) is 15.2. The molecule has 1 aromatic heterocycles. The average Bonchev–Trinajstić information content (AvgIpc) is 3.84. The molecule has 3 fully saturated rings. The van der Waals surface area contributed by atoms with E-state index in [-0.39, 0.29) is 42.9 Å². The van der Waals surface area contributed by atoms with Gasteiger partial charge in [0.1, 0.15) is 30.2 Å². The van der Waals surface area contributed by atoms with Crippen LogP contribution in [0.4, 0.5) is 0 Å². The Bertz CT molecular complexity index is 1680. The Morgan fingerprint density at radius 2 is 1.72 bits per heavy atom. The minimum atomic E-state index is -1.51. The van der Waals surface area contributed by atoms with Gasteiger partial charge in [-0.2, -0.15) is 0 Å². The second kappa shape index (κ2) is 11.7. The molecule has 0 amide bonds. The van der Waals surface area contributed by atoms with Crippen molar-refractivity contribution in [2.24, 2.45) is 11.8 Å². The third-order valence-corrected chi connectivity index (χ3v) is 10.5. The number of esters is 1. The van der Waals surface area contributed by atoms with Gasteiger partial charge in [0.05, 0.1) is 49.9 Å². The number of methoxy groups -OCH3 is 2. The number of fused-ring (bicyclic) bond motifs is 4. The molecule has 3 aromatic rings. The van der Waals surface area contributed by atoms with Crippen LogP contribution in [0.3, 0.4) is 0 Å². The molecular formula is C33H32O13S. The van der Waals surface area contributed by atoms with Crippen molar-refractivity contribution in [2.75, 3.05) is 34.0 Å². The fourth-order valence-electron chi connectivity index (χ4n) is 7.38. The van der Waals surface area contributed by atoms with Crippen LogP contribution in [0.1, 0.15) is 50.2 Å². The first-order chi connectivity index (χ1) is 22.8. The molecule has 2 aromatic carbocycles. The summed E-state index contributed by atoms with van der Waals surface area (Å²) >= 11 is 1.45. The SMILES string of the molecule is COc1cc([C@H]2c3cc4c(cc3C(O[C@@H]3O[C@@H]5CO[C@@H](c6cccs6)OC5[C@H](O)[C@H]3O)C3COC(=O)C32)OCC4=O)cc(OC)c1O. The molecule has 5 aliphatic rings. The number of hydrogen-bond acceptors (Lipinski definition) is 14. The van der Waals surface area contributed by atoms with Crippen LogP contribution in [0.15, 0.2) is 41.8 Å². The lowest BCUT2D eigenvalue weighted by molar-refractivity contribution is -0.368. The van der Waals surface area contributed by atoms with Crippen molar-refractivity contribution < 1.29 is 62.8 Å². The van der Waals surface area contributed by atoms with Gasteiger partial charge in [0.25, 0.3) is 0 Å². The normalized spacial score (nSPS) is 34.0. The van der Waals surface area contributed by atoms with Crippen molar-refractivity contribution in [1.82, 2.24) is 0 Å². The van der Waals surface area contributed by atoms with E-state index in [4.69, 9.17) is 37.9 Å². The van der Waals surface area contributed by atoms with E-state index in [1.165, 1.54) is 25.6 Å². The number of aliphatic hydroxyl groups is 2. The van der Waals surface area contributed by atoms with Gasteiger partial charge < -0.3 is 53.2 Å². The van der Waals surface area contributed by atoms with Crippen molar-refractivity contribution in [2.45, 2.75) is 49.0 Å². The quantitative estimate of drug-likeness (QED) is 0.328. The Balaban J connectivity index is 1.17. The van der Waals surface area contributed by atoms with Crippen LogP contribution in [0.2, 0.25) is 0 Å². The van der Waals surface area contributed by atoms with Crippen molar-refractivity contribution in [3.63, 3.8) is 0 Å². The molecular weight excluding hydrogens is 636 g/mol. The van der Waals surface area contributed by atoms with Gasteiger partial charge in [-0.1, -0.05) is 6.07 Å². The second-order valence-corrected chi connectivity index (χ2v) is 13.1. The molecule has 8 rings (SSSR count). The van der Waals surface area contributed by atoms with E-state index in [1.54, 1.807) is 24.3 Å². The van der Waals surface area contributed by atoms with Crippen LogP contribution in [0.5, 0.6) is 23.0 Å². The molecule has 0 bridgehead atoms. The summed E-state index contributed by atoms with van der Waals surface area (Å²) < 4.78 is 46.8. The molecule has 14 heteroatoms. The van der Waals surface area contributed by atoms with Gasteiger partial charge in [0, 0.05) is 11.8 Å². The number of ketones is 1. The molecule has 3 saturated heterocycles. The lowest BCUT2D eigenvalue weighted by atomic mass is 9.65. The lowest BCUT2D eigenvalue weighted by Crippen LogP contribution is -2.62. The molecule has 4 unspecified atom stereocenters. The zero-order valence-electron chi connectivity index (χ0n) is 25.3. The van der Waals surface area contributed by atoms with E-state index in [0.717, 1.165) is 4.88 Å². The van der Waals surface area contributed by atoms with Crippen LogP contribution in [-0.2, 0) is 28.5 Å². The average molecular weight is 669 g/mol. The number of hydrogen-bond donors (Lipinski definition) is 3. The van der Waals surface area contributed by atoms with Crippen LogP contribution < -0.4 is 14.2 Å². The lowest BCUT2D eigenvalue weighted by Gasteiger charge is -2.48. The van der Waals surface area contributed by atoms with Gasteiger partial charge in [-0.3, -0.25) is 9.59 Å². The highest BCUT2D eigenvalue weighted by atomic mass is 32.1. The molecule has 0 spiro atoms. The Labute approximate surface area is 272 Å². The minimum Gasteiger partial charge on any atom is -0.502 e. The monoisotopic (exact) mass is 668 g/mol. The second-order valence-electron chi connectivity index (χ2n) is 12.1. The van der Waals surface area contributed by atoms with Crippen molar-refractivity contribution in [3.8, 4) is 23.0 Å². The number of Topliss-reactive ketones (excluding diaryl/α,β-unsaturated/α-hetero) is 1. The topological polar surface area (TPSA) is 169 Å². The summed E-state index contributed by atoms with van der Waals surface area (Å²) in [6, 6.07) is 10.4. The molecule has 10 atom stereocenters. The molecule has 13 nitrogen and oxygen atoms in total. The number of ether oxygens (including phenoxy) is 8. The van der Waals surface area contributed by atoms with E-state index in [2.05, 4.69) is 0 Å². The summed E-state index contributed by atoms with van der Waals surface area (Å²) in [6.45, 7) is -0.0440. The van der Waals surface area contributed by atoms with Gasteiger partial charge in [0.2, 0.25) is 11.5 Å². The maximum atomic E-state index is 13.5. The maximum Gasteiger partial charge on any atom is 0.310 e. The van der Waals surface area contributed by atoms with E-state index >= 15 is 0 Å². The van der Waals surface area contributed by atoms with Gasteiger partial charge in [0.15, 0.2) is 30.7 Å². The summed E-state index contributed by atoms with van der Waals surface area (Å²) in [5.41, 5.74) is 2.13. The van der Waals surface area contributed by atoms with E-state index in [9.17, 15) is 24.9 Å². The van der Waals surface area contributed by atoms with E-state index in [1.807, 2.05) is 17.5 Å². The van der Waals surface area contributed by atoms with Crippen molar-refractivity contribution in [3.05, 3.63) is 68.9 Å². The number of thiophene rings is 1. The summed E-state index contributed by atoms with van der Waals surface area (Å²) in [6.07, 6.45) is -7.40. The predicted octanol–water partition coefficient (Wildman–Crippen LogP) is 2.60. The number of carbonyl (C=O) groups is 2. The summed E-state index contributed by atoms with van der Waals surface area (Å²) in [4.78, 5) is 27.2. The number of cyclic esters (lactones) is 1. The molecule has 4 aliphatic heterocycles. The standard InChI is InChI=1S/C33H32O13S/c1-39-20-6-13(7-21(40-2)26(20)35)24-14-8-16-18(34)11-41-19(16)9-15(14)29(17-10-42-31(38)25(17)24)45-33-28(37)27(36)30-22(44-33)12-43-32(46-30)23-4-3-5-47-23/h3-9,17,22,24-25,27-30,32-33,35-37H,10-12H2,1-2H3/t17?,22-,24+,25?,27-,28-,29?,30?,32-,33+/m1/s1. The molecule has 5 heterocycles. The maximum absolute atomic E-state index is 13.5. The highest BCUT2D eigenvalue weighted by Gasteiger charge is 2.56. The highest BCUT2D eigenvalue weighted by molar-refractivity contribution is 7.10. The first-order valence-corrected chi connectivity index (χ1v) is 16.1. The third kappa shape index (κ3) is 4.89. The number of carbonyl (C=O) groups excluding carboxylic acids is 2.